The van der Waals surface area contributed by atoms with Crippen LogP contribution in [0, 0.1) is 0 Å². The van der Waals surface area contributed by atoms with E-state index in [0.717, 1.165) is 10.6 Å². The molecule has 0 aliphatic carbocycles. The van der Waals surface area contributed by atoms with Crippen LogP contribution < -0.4 is 0 Å². The summed E-state index contributed by atoms with van der Waals surface area (Å²) in [5.74, 6) is -0.860. The van der Waals surface area contributed by atoms with E-state index in [0.29, 0.717) is 17.7 Å². The van der Waals surface area contributed by atoms with Crippen molar-refractivity contribution in [1.82, 2.24) is 5.06 Å². The van der Waals surface area contributed by atoms with Gasteiger partial charge in [0.25, 0.3) is 11.8 Å². The van der Waals surface area contributed by atoms with Crippen LogP contribution in [0.1, 0.15) is 45.7 Å². The summed E-state index contributed by atoms with van der Waals surface area (Å²) in [6, 6.07) is 14.8. The van der Waals surface area contributed by atoms with Gasteiger partial charge in [-0.05, 0) is 42.7 Å². The molecule has 3 rings (SSSR count). The van der Waals surface area contributed by atoms with Gasteiger partial charge < -0.3 is 4.74 Å². The van der Waals surface area contributed by atoms with Gasteiger partial charge >= 0.3 is 0 Å². The number of fused-ring (bicyclic) bond motifs is 1. The Kier molecular flexibility index (Phi) is 5.61. The van der Waals surface area contributed by atoms with Gasteiger partial charge in [0.15, 0.2) is 0 Å². The van der Waals surface area contributed by atoms with Crippen LogP contribution in [0.15, 0.2) is 54.6 Å². The van der Waals surface area contributed by atoms with Crippen LogP contribution >= 0.6 is 0 Å². The molecular formula is C21H21NO4. The second-order valence-electron chi connectivity index (χ2n) is 6.00. The van der Waals surface area contributed by atoms with E-state index in [1.54, 1.807) is 24.3 Å². The summed E-state index contributed by atoms with van der Waals surface area (Å²) in [4.78, 5) is 29.6. The van der Waals surface area contributed by atoms with Crippen molar-refractivity contribution in [2.75, 3.05) is 13.2 Å². The van der Waals surface area contributed by atoms with Crippen LogP contribution in [-0.4, -0.2) is 30.1 Å². The normalized spacial score (nSPS) is 14.1. The minimum Gasteiger partial charge on any atom is -0.374 e. The first kappa shape index (κ1) is 18.0. The Labute approximate surface area is 152 Å². The Morgan fingerprint density at radius 2 is 1.58 bits per heavy atom. The summed E-state index contributed by atoms with van der Waals surface area (Å²) in [5.41, 5.74) is 4.21. The highest BCUT2D eigenvalue weighted by molar-refractivity contribution is 6.20. The van der Waals surface area contributed by atoms with Crippen molar-refractivity contribution in [3.05, 3.63) is 76.9 Å². The third kappa shape index (κ3) is 3.74. The van der Waals surface area contributed by atoms with Crippen molar-refractivity contribution in [2.24, 2.45) is 0 Å². The predicted octanol–water partition coefficient (Wildman–Crippen LogP) is 3.85. The van der Waals surface area contributed by atoms with E-state index in [-0.39, 0.29) is 13.2 Å². The molecule has 5 heteroatoms. The molecule has 26 heavy (non-hydrogen) atoms. The number of benzene rings is 2. The van der Waals surface area contributed by atoms with Gasteiger partial charge in [-0.2, -0.15) is 0 Å². The molecule has 5 nitrogen and oxygen atoms in total. The molecule has 0 unspecified atom stereocenters. The Bertz CT molecular complexity index is 804. The Hall–Kier alpha value is -2.76. The lowest BCUT2D eigenvalue weighted by Gasteiger charge is -2.13. The van der Waals surface area contributed by atoms with Crippen molar-refractivity contribution >= 4 is 17.4 Å². The highest BCUT2D eigenvalue weighted by atomic mass is 16.7. The lowest BCUT2D eigenvalue weighted by molar-refractivity contribution is -0.107. The fourth-order valence-corrected chi connectivity index (χ4v) is 2.69. The van der Waals surface area contributed by atoms with Crippen LogP contribution in [0.2, 0.25) is 0 Å². The van der Waals surface area contributed by atoms with Crippen LogP contribution in [-0.2, 0) is 16.2 Å². The second kappa shape index (κ2) is 8.08. The maximum absolute atomic E-state index is 12.1. The van der Waals surface area contributed by atoms with Crippen LogP contribution in [0.4, 0.5) is 0 Å². The van der Waals surface area contributed by atoms with Gasteiger partial charge in [-0.15, -0.1) is 5.06 Å². The van der Waals surface area contributed by atoms with E-state index in [2.05, 4.69) is 25.1 Å². The van der Waals surface area contributed by atoms with E-state index >= 15 is 0 Å². The molecule has 1 aliphatic heterocycles. The molecule has 2 aromatic carbocycles. The number of hydrogen-bond acceptors (Lipinski definition) is 4. The number of imide groups is 1. The van der Waals surface area contributed by atoms with Crippen molar-refractivity contribution in [1.29, 1.82) is 0 Å². The minimum atomic E-state index is -0.430. The van der Waals surface area contributed by atoms with Crippen molar-refractivity contribution in [3.63, 3.8) is 0 Å². The van der Waals surface area contributed by atoms with Gasteiger partial charge in [-0.1, -0.05) is 42.5 Å². The number of amides is 2. The van der Waals surface area contributed by atoms with Crippen LogP contribution in [0.25, 0.3) is 5.57 Å². The van der Waals surface area contributed by atoms with Gasteiger partial charge in [-0.25, -0.2) is 0 Å². The fourth-order valence-electron chi connectivity index (χ4n) is 2.69. The molecule has 2 aromatic rings. The molecule has 0 saturated carbocycles. The van der Waals surface area contributed by atoms with Gasteiger partial charge in [0.05, 0.1) is 30.9 Å². The maximum atomic E-state index is 12.1. The molecule has 0 radical (unpaired) electrons. The average molecular weight is 351 g/mol. The fraction of sp³-hybridized carbons (Fsp3) is 0.238. The molecule has 1 heterocycles. The Morgan fingerprint density at radius 3 is 2.15 bits per heavy atom. The summed E-state index contributed by atoms with van der Waals surface area (Å²) >= 11 is 0. The highest BCUT2D eigenvalue weighted by Crippen LogP contribution is 2.22. The quantitative estimate of drug-likeness (QED) is 0.561. The largest absolute Gasteiger partial charge is 0.374 e. The standard InChI is InChI=1S/C21H21NO4/c1-3-15(2)17-10-8-16(9-11-17)14-25-12-13-26-22-20(23)18-6-4-5-7-19(18)21(22)24/h3-11H,12-14H2,1-2H3/b15-3+. The van der Waals surface area contributed by atoms with E-state index in [9.17, 15) is 9.59 Å². The molecule has 2 amide bonds. The van der Waals surface area contributed by atoms with Crippen molar-refractivity contribution < 1.29 is 19.2 Å². The number of hydroxylamine groups is 2. The number of hydrogen-bond donors (Lipinski definition) is 0. The number of nitrogens with zero attached hydrogens (tertiary/aromatic N) is 1. The van der Waals surface area contributed by atoms with Crippen LogP contribution in [0.5, 0.6) is 0 Å². The third-order valence-electron chi connectivity index (χ3n) is 4.32. The zero-order chi connectivity index (χ0) is 18.5. The number of rotatable bonds is 7. The smallest absolute Gasteiger partial charge is 0.285 e. The molecule has 0 aromatic heterocycles. The van der Waals surface area contributed by atoms with E-state index < -0.39 is 11.8 Å². The minimum absolute atomic E-state index is 0.126. The first-order valence-electron chi connectivity index (χ1n) is 8.52. The maximum Gasteiger partial charge on any atom is 0.285 e. The molecule has 0 saturated heterocycles. The Balaban J connectivity index is 1.44. The molecule has 134 valence electrons. The number of carbonyl (C=O) groups is 2. The van der Waals surface area contributed by atoms with Crippen molar-refractivity contribution in [2.45, 2.75) is 20.5 Å². The zero-order valence-corrected chi connectivity index (χ0v) is 14.9. The summed E-state index contributed by atoms with van der Waals surface area (Å²) < 4.78 is 5.56. The van der Waals surface area contributed by atoms with Gasteiger partial charge in [0.1, 0.15) is 0 Å². The number of carbonyl (C=O) groups excluding carboxylic acids is 2. The zero-order valence-electron chi connectivity index (χ0n) is 14.9. The Morgan fingerprint density at radius 1 is 0.962 bits per heavy atom. The molecule has 0 fully saturated rings. The van der Waals surface area contributed by atoms with E-state index in [4.69, 9.17) is 9.57 Å². The van der Waals surface area contributed by atoms with E-state index in [1.807, 2.05) is 19.1 Å². The second-order valence-corrected chi connectivity index (χ2v) is 6.00. The summed E-state index contributed by atoms with van der Waals surface area (Å²) in [7, 11) is 0. The van der Waals surface area contributed by atoms with Gasteiger partial charge in [-0.3, -0.25) is 14.4 Å². The topological polar surface area (TPSA) is 55.8 Å². The molecule has 0 atom stereocenters. The summed E-state index contributed by atoms with van der Waals surface area (Å²) in [6.45, 7) is 4.94. The van der Waals surface area contributed by atoms with Crippen LogP contribution in [0.3, 0.4) is 0 Å². The first-order chi connectivity index (χ1) is 12.6. The van der Waals surface area contributed by atoms with Gasteiger partial charge in [0.2, 0.25) is 0 Å². The van der Waals surface area contributed by atoms with E-state index in [1.165, 1.54) is 11.1 Å². The number of ether oxygens (including phenoxy) is 1. The SMILES string of the molecule is C/C=C(\C)c1ccc(COCCON2C(=O)c3ccccc3C2=O)cc1. The molecular weight excluding hydrogens is 330 g/mol. The number of allylic oxidation sites excluding steroid dienone is 2. The average Bonchev–Trinajstić information content (AvgIpc) is 2.92. The van der Waals surface area contributed by atoms with Gasteiger partial charge in [0, 0.05) is 0 Å². The summed E-state index contributed by atoms with van der Waals surface area (Å²) in [6.07, 6.45) is 2.07. The molecule has 0 bridgehead atoms. The lowest BCUT2D eigenvalue weighted by atomic mass is 10.1. The lowest BCUT2D eigenvalue weighted by Crippen LogP contribution is -2.31. The first-order valence-corrected chi connectivity index (χ1v) is 8.52. The predicted molar refractivity (Wildman–Crippen MR) is 98.3 cm³/mol. The summed E-state index contributed by atoms with van der Waals surface area (Å²) in [5, 5.41) is 0.808. The molecule has 0 spiro atoms. The molecule has 0 N–H and O–H groups in total. The van der Waals surface area contributed by atoms with Crippen molar-refractivity contribution in [3.8, 4) is 0 Å². The third-order valence-corrected chi connectivity index (χ3v) is 4.32. The molecule has 1 aliphatic rings. The highest BCUT2D eigenvalue weighted by Gasteiger charge is 2.36. The monoisotopic (exact) mass is 351 g/mol.